The molecule has 0 unspecified atom stereocenters. The van der Waals surface area contributed by atoms with Crippen molar-refractivity contribution >= 4 is 28.9 Å². The molecule has 31 heavy (non-hydrogen) atoms. The Bertz CT molecular complexity index is 811. The van der Waals surface area contributed by atoms with Gasteiger partial charge in [0, 0.05) is 24.4 Å². The molecule has 168 valence electrons. The van der Waals surface area contributed by atoms with Crippen molar-refractivity contribution in [2.75, 3.05) is 32.2 Å². The lowest BCUT2D eigenvalue weighted by molar-refractivity contribution is 0.0977. The monoisotopic (exact) mass is 444 g/mol. The largest absolute Gasteiger partial charge is 0.494 e. The Morgan fingerprint density at radius 2 is 1.65 bits per heavy atom. The van der Waals surface area contributed by atoms with E-state index >= 15 is 0 Å². The lowest BCUT2D eigenvalue weighted by Gasteiger charge is -2.12. The Morgan fingerprint density at radius 1 is 0.903 bits per heavy atom. The van der Waals surface area contributed by atoms with Crippen molar-refractivity contribution in [1.82, 2.24) is 5.32 Å². The molecule has 2 aromatic carbocycles. The maximum absolute atomic E-state index is 12.4. The predicted octanol–water partition coefficient (Wildman–Crippen LogP) is 5.19. The summed E-state index contributed by atoms with van der Waals surface area (Å²) in [6.45, 7) is 3.86. The van der Waals surface area contributed by atoms with Crippen molar-refractivity contribution in [2.45, 2.75) is 39.0 Å². The summed E-state index contributed by atoms with van der Waals surface area (Å²) >= 11 is 5.26. The van der Waals surface area contributed by atoms with E-state index in [9.17, 15) is 4.79 Å². The number of thiocarbonyl (C=S) groups is 1. The summed E-state index contributed by atoms with van der Waals surface area (Å²) in [5.41, 5.74) is 1.24. The highest BCUT2D eigenvalue weighted by atomic mass is 32.1. The van der Waals surface area contributed by atoms with Gasteiger partial charge < -0.3 is 19.5 Å². The van der Waals surface area contributed by atoms with E-state index in [-0.39, 0.29) is 11.0 Å². The van der Waals surface area contributed by atoms with Gasteiger partial charge in [-0.2, -0.15) is 0 Å². The molecule has 6 nitrogen and oxygen atoms in total. The highest BCUT2D eigenvalue weighted by molar-refractivity contribution is 7.80. The van der Waals surface area contributed by atoms with Crippen LogP contribution in [0.4, 0.5) is 5.69 Å². The van der Waals surface area contributed by atoms with E-state index in [1.165, 1.54) is 25.7 Å². The summed E-state index contributed by atoms with van der Waals surface area (Å²) in [4.78, 5) is 12.4. The Balaban J connectivity index is 1.77. The molecule has 0 heterocycles. The summed E-state index contributed by atoms with van der Waals surface area (Å²) in [7, 11) is 1.62. The van der Waals surface area contributed by atoms with Gasteiger partial charge in [0.1, 0.15) is 18.1 Å². The van der Waals surface area contributed by atoms with Crippen LogP contribution in [0, 0.1) is 0 Å². The van der Waals surface area contributed by atoms with E-state index in [2.05, 4.69) is 17.6 Å². The molecule has 0 aliphatic rings. The molecule has 1 amide bonds. The molecule has 0 radical (unpaired) electrons. The predicted molar refractivity (Wildman–Crippen MR) is 128 cm³/mol. The molecular weight excluding hydrogens is 412 g/mol. The molecule has 0 aromatic heterocycles. The van der Waals surface area contributed by atoms with Gasteiger partial charge in [-0.1, -0.05) is 38.7 Å². The zero-order valence-corrected chi connectivity index (χ0v) is 19.1. The highest BCUT2D eigenvalue weighted by Crippen LogP contribution is 2.17. The van der Waals surface area contributed by atoms with Gasteiger partial charge in [-0.3, -0.25) is 10.1 Å². The molecule has 0 atom stereocenters. The fraction of sp³-hybridized carbons (Fsp3) is 0.417. The van der Waals surface area contributed by atoms with Crippen LogP contribution in [0.25, 0.3) is 0 Å². The van der Waals surface area contributed by atoms with Crippen LogP contribution in [0.3, 0.4) is 0 Å². The fourth-order valence-corrected chi connectivity index (χ4v) is 3.05. The number of ether oxygens (including phenoxy) is 3. The van der Waals surface area contributed by atoms with E-state index in [0.29, 0.717) is 31.1 Å². The lowest BCUT2D eigenvalue weighted by Crippen LogP contribution is -2.34. The van der Waals surface area contributed by atoms with E-state index in [1.54, 1.807) is 31.4 Å². The third-order valence-electron chi connectivity index (χ3n) is 4.51. The number of methoxy groups -OCH3 is 1. The second kappa shape index (κ2) is 14.4. The van der Waals surface area contributed by atoms with Crippen LogP contribution in [-0.4, -0.2) is 38.0 Å². The first kappa shape index (κ1) is 24.6. The van der Waals surface area contributed by atoms with Gasteiger partial charge in [-0.25, -0.2) is 0 Å². The maximum atomic E-state index is 12.4. The summed E-state index contributed by atoms with van der Waals surface area (Å²) < 4.78 is 16.3. The number of hydrogen-bond acceptors (Lipinski definition) is 5. The van der Waals surface area contributed by atoms with E-state index in [4.69, 9.17) is 26.4 Å². The molecule has 2 rings (SSSR count). The van der Waals surface area contributed by atoms with Crippen molar-refractivity contribution in [3.05, 3.63) is 54.1 Å². The zero-order valence-electron chi connectivity index (χ0n) is 18.3. The minimum Gasteiger partial charge on any atom is -0.494 e. The molecule has 7 heteroatoms. The number of hydrogen-bond donors (Lipinski definition) is 2. The van der Waals surface area contributed by atoms with Crippen LogP contribution in [0.1, 0.15) is 49.4 Å². The number of nitrogens with one attached hydrogen (secondary N) is 2. The number of benzene rings is 2. The van der Waals surface area contributed by atoms with Crippen LogP contribution in [0.2, 0.25) is 0 Å². The topological polar surface area (TPSA) is 68.8 Å². The summed E-state index contributed by atoms with van der Waals surface area (Å²) in [6.07, 6.45) is 5.98. The number of amides is 1. The summed E-state index contributed by atoms with van der Waals surface area (Å²) in [5.74, 6) is 1.17. The number of carbonyl (C=O) groups excluding carboxylic acids is 1. The Hall–Kier alpha value is -2.64. The molecule has 0 saturated heterocycles. The van der Waals surface area contributed by atoms with E-state index < -0.39 is 0 Å². The van der Waals surface area contributed by atoms with Crippen molar-refractivity contribution in [3.63, 3.8) is 0 Å². The minimum atomic E-state index is -0.281. The molecule has 2 N–H and O–H groups in total. The van der Waals surface area contributed by atoms with Crippen LogP contribution in [-0.2, 0) is 4.74 Å². The fourth-order valence-electron chi connectivity index (χ4n) is 2.84. The summed E-state index contributed by atoms with van der Waals surface area (Å²) in [5, 5.41) is 5.90. The number of unbranched alkanes of at least 4 members (excludes halogenated alkanes) is 4. The molecular formula is C24H32N2O4S. The molecule has 2 aromatic rings. The van der Waals surface area contributed by atoms with Gasteiger partial charge >= 0.3 is 0 Å². The third kappa shape index (κ3) is 9.81. The minimum absolute atomic E-state index is 0.214. The molecule has 0 saturated carbocycles. The molecule has 0 spiro atoms. The summed E-state index contributed by atoms with van der Waals surface area (Å²) in [6, 6.07) is 14.4. The van der Waals surface area contributed by atoms with Crippen molar-refractivity contribution in [2.24, 2.45) is 0 Å². The first-order valence-corrected chi connectivity index (χ1v) is 11.1. The average Bonchev–Trinajstić information content (AvgIpc) is 2.77. The number of anilines is 1. The number of carbonyl (C=O) groups is 1. The molecule has 0 aliphatic heterocycles. The van der Waals surface area contributed by atoms with Gasteiger partial charge in [0.05, 0.1) is 13.2 Å². The Labute approximate surface area is 190 Å². The molecule has 0 fully saturated rings. The Kier molecular flexibility index (Phi) is 11.4. The maximum Gasteiger partial charge on any atom is 0.257 e. The quantitative estimate of drug-likeness (QED) is 0.327. The van der Waals surface area contributed by atoms with Crippen molar-refractivity contribution in [3.8, 4) is 11.5 Å². The highest BCUT2D eigenvalue weighted by Gasteiger charge is 2.09. The molecule has 0 aliphatic carbocycles. The van der Waals surface area contributed by atoms with Crippen LogP contribution in [0.5, 0.6) is 11.5 Å². The zero-order chi connectivity index (χ0) is 22.3. The van der Waals surface area contributed by atoms with Crippen LogP contribution >= 0.6 is 12.2 Å². The second-order valence-corrected chi connectivity index (χ2v) is 7.47. The lowest BCUT2D eigenvalue weighted by atomic mass is 10.2. The van der Waals surface area contributed by atoms with E-state index in [1.807, 2.05) is 24.3 Å². The van der Waals surface area contributed by atoms with E-state index in [0.717, 1.165) is 17.9 Å². The standard InChI is InChI=1S/C24H32N2O4S/c1-3-4-5-6-7-15-29-21-13-11-19(12-14-21)23(27)26-24(31)25-20-9-8-10-22(18-20)30-17-16-28-2/h8-14,18H,3-7,15-17H2,1-2H3,(H2,25,26,27,31). The van der Waals surface area contributed by atoms with Gasteiger partial charge in [-0.15, -0.1) is 0 Å². The van der Waals surface area contributed by atoms with Crippen molar-refractivity contribution < 1.29 is 19.0 Å². The smallest absolute Gasteiger partial charge is 0.257 e. The van der Waals surface area contributed by atoms with Gasteiger partial charge in [-0.05, 0) is 55.0 Å². The van der Waals surface area contributed by atoms with Gasteiger partial charge in [0.15, 0.2) is 5.11 Å². The first-order valence-electron chi connectivity index (χ1n) is 10.7. The van der Waals surface area contributed by atoms with Gasteiger partial charge in [0.2, 0.25) is 0 Å². The Morgan fingerprint density at radius 3 is 2.39 bits per heavy atom. The SMILES string of the molecule is CCCCCCCOc1ccc(C(=O)NC(=S)Nc2cccc(OCCOC)c2)cc1. The average molecular weight is 445 g/mol. The normalized spacial score (nSPS) is 10.4. The molecule has 0 bridgehead atoms. The van der Waals surface area contributed by atoms with Crippen LogP contribution < -0.4 is 20.1 Å². The first-order chi connectivity index (χ1) is 15.1. The van der Waals surface area contributed by atoms with Gasteiger partial charge in [0.25, 0.3) is 5.91 Å². The van der Waals surface area contributed by atoms with Crippen molar-refractivity contribution in [1.29, 1.82) is 0 Å². The van der Waals surface area contributed by atoms with Crippen LogP contribution in [0.15, 0.2) is 48.5 Å². The number of rotatable bonds is 13. The third-order valence-corrected chi connectivity index (χ3v) is 4.71. The second-order valence-electron chi connectivity index (χ2n) is 7.06.